The van der Waals surface area contributed by atoms with Crippen LogP contribution < -0.4 is 0 Å². The van der Waals surface area contributed by atoms with Crippen LogP contribution in [0.25, 0.3) is 0 Å². The molecule has 0 aliphatic rings. The summed E-state index contributed by atoms with van der Waals surface area (Å²) in [4.78, 5) is 11.1. The lowest BCUT2D eigenvalue weighted by atomic mass is 10.1. The molecule has 1 unspecified atom stereocenters. The highest BCUT2D eigenvalue weighted by Gasteiger charge is 2.30. The largest absolute Gasteiger partial charge is 0.463 e. The van der Waals surface area contributed by atoms with Crippen molar-refractivity contribution in [1.29, 1.82) is 0 Å². The van der Waals surface area contributed by atoms with Gasteiger partial charge in [-0.2, -0.15) is 8.78 Å². The fourth-order valence-electron chi connectivity index (χ4n) is 0.823. The van der Waals surface area contributed by atoms with Gasteiger partial charge in [-0.25, -0.2) is 4.39 Å². The van der Waals surface area contributed by atoms with Crippen LogP contribution in [0.15, 0.2) is 0 Å². The number of hydrogen-bond donors (Lipinski definition) is 0. The Morgan fingerprint density at radius 2 is 2.00 bits per heavy atom. The Morgan fingerprint density at radius 3 is 2.53 bits per heavy atom. The van der Waals surface area contributed by atoms with Crippen molar-refractivity contribution in [3.8, 4) is 0 Å². The number of carbonyl (C=O) groups is 1. The summed E-state index contributed by atoms with van der Waals surface area (Å²) in [5.41, 5.74) is 0. The second-order valence-corrected chi connectivity index (χ2v) is 3.42. The Balaban J connectivity index is 3.56. The van der Waals surface area contributed by atoms with Gasteiger partial charge in [0.25, 0.3) is 0 Å². The molecule has 0 aromatic heterocycles. The zero-order valence-corrected chi connectivity index (χ0v) is 9.88. The van der Waals surface area contributed by atoms with Crippen LogP contribution in [0, 0.1) is 5.92 Å². The molecule has 0 saturated heterocycles. The van der Waals surface area contributed by atoms with E-state index in [1.165, 1.54) is 0 Å². The first kappa shape index (κ1) is 16.2. The molecular formula is C10H17F3O4. The molecule has 102 valence electrons. The Morgan fingerprint density at radius 1 is 1.35 bits per heavy atom. The predicted octanol–water partition coefficient (Wildman–Crippen LogP) is 2.13. The van der Waals surface area contributed by atoms with E-state index in [4.69, 9.17) is 4.74 Å². The maximum absolute atomic E-state index is 12.5. The van der Waals surface area contributed by atoms with Gasteiger partial charge in [-0.3, -0.25) is 9.53 Å². The van der Waals surface area contributed by atoms with Crippen molar-refractivity contribution in [2.75, 3.05) is 26.7 Å². The number of hydrogen-bond acceptors (Lipinski definition) is 4. The molecule has 0 fully saturated rings. The maximum atomic E-state index is 12.5. The molecule has 0 amide bonds. The third-order valence-electron chi connectivity index (χ3n) is 2.02. The topological polar surface area (TPSA) is 44.8 Å². The van der Waals surface area contributed by atoms with Crippen molar-refractivity contribution in [2.24, 2.45) is 5.92 Å². The standard InChI is InChI=1S/C10H17F3O4/c1-3-8(2)9(14)16-5-4-15-6-10(12,13)17-7-11/h8H,3-7H2,1-2H3. The summed E-state index contributed by atoms with van der Waals surface area (Å²) in [7, 11) is 0. The van der Waals surface area contributed by atoms with E-state index in [1.54, 1.807) is 6.92 Å². The molecule has 0 aromatic carbocycles. The van der Waals surface area contributed by atoms with Crippen molar-refractivity contribution in [2.45, 2.75) is 26.4 Å². The summed E-state index contributed by atoms with van der Waals surface area (Å²) in [6.07, 6.45) is -3.02. The van der Waals surface area contributed by atoms with E-state index < -0.39 is 25.5 Å². The van der Waals surface area contributed by atoms with Gasteiger partial charge in [0, 0.05) is 0 Å². The second-order valence-electron chi connectivity index (χ2n) is 3.42. The zero-order chi connectivity index (χ0) is 13.3. The molecule has 0 saturated carbocycles. The van der Waals surface area contributed by atoms with E-state index in [2.05, 4.69) is 9.47 Å². The molecule has 0 spiro atoms. The fraction of sp³-hybridized carbons (Fsp3) is 0.900. The SMILES string of the molecule is CCC(C)C(=O)OCCOCC(F)(F)OCF. The molecule has 0 rings (SSSR count). The van der Waals surface area contributed by atoms with Crippen LogP contribution in [0.1, 0.15) is 20.3 Å². The first-order valence-corrected chi connectivity index (χ1v) is 5.25. The van der Waals surface area contributed by atoms with Gasteiger partial charge in [-0.1, -0.05) is 13.8 Å². The summed E-state index contributed by atoms with van der Waals surface area (Å²) >= 11 is 0. The van der Waals surface area contributed by atoms with Crippen LogP contribution in [-0.2, 0) is 19.0 Å². The van der Waals surface area contributed by atoms with Gasteiger partial charge in [0.15, 0.2) is 6.86 Å². The average Bonchev–Trinajstić information content (AvgIpc) is 2.26. The van der Waals surface area contributed by atoms with Gasteiger partial charge >= 0.3 is 12.1 Å². The van der Waals surface area contributed by atoms with E-state index in [1.807, 2.05) is 6.92 Å². The molecule has 0 aliphatic carbocycles. The highest BCUT2D eigenvalue weighted by atomic mass is 19.3. The molecular weight excluding hydrogens is 241 g/mol. The number of alkyl halides is 3. The monoisotopic (exact) mass is 258 g/mol. The Kier molecular flexibility index (Phi) is 7.90. The molecule has 4 nitrogen and oxygen atoms in total. The lowest BCUT2D eigenvalue weighted by Crippen LogP contribution is -2.28. The number of rotatable bonds is 9. The minimum Gasteiger partial charge on any atom is -0.463 e. The van der Waals surface area contributed by atoms with Gasteiger partial charge in [0.2, 0.25) is 0 Å². The highest BCUT2D eigenvalue weighted by molar-refractivity contribution is 5.71. The number of halogens is 3. The molecule has 0 N–H and O–H groups in total. The Bertz CT molecular complexity index is 224. The summed E-state index contributed by atoms with van der Waals surface area (Å²) in [5, 5.41) is 0. The third-order valence-corrected chi connectivity index (χ3v) is 2.02. The van der Waals surface area contributed by atoms with E-state index in [-0.39, 0.29) is 19.1 Å². The Hall–Kier alpha value is -0.820. The maximum Gasteiger partial charge on any atom is 0.381 e. The molecule has 0 bridgehead atoms. The van der Waals surface area contributed by atoms with E-state index in [9.17, 15) is 18.0 Å². The van der Waals surface area contributed by atoms with Crippen molar-refractivity contribution in [1.82, 2.24) is 0 Å². The lowest BCUT2D eigenvalue weighted by molar-refractivity contribution is -0.279. The first-order chi connectivity index (χ1) is 7.93. The number of esters is 1. The molecule has 0 heterocycles. The van der Waals surface area contributed by atoms with Crippen LogP contribution >= 0.6 is 0 Å². The predicted molar refractivity (Wildman–Crippen MR) is 53.2 cm³/mol. The zero-order valence-electron chi connectivity index (χ0n) is 9.88. The molecule has 0 radical (unpaired) electrons. The highest BCUT2D eigenvalue weighted by Crippen LogP contribution is 2.15. The van der Waals surface area contributed by atoms with E-state index >= 15 is 0 Å². The molecule has 0 aliphatic heterocycles. The van der Waals surface area contributed by atoms with Crippen LogP contribution in [0.3, 0.4) is 0 Å². The van der Waals surface area contributed by atoms with Gasteiger partial charge in [-0.15, -0.1) is 0 Å². The smallest absolute Gasteiger partial charge is 0.381 e. The van der Waals surface area contributed by atoms with Crippen molar-refractivity contribution in [3.63, 3.8) is 0 Å². The van der Waals surface area contributed by atoms with Crippen LogP contribution in [-0.4, -0.2) is 38.8 Å². The minimum atomic E-state index is -3.66. The average molecular weight is 258 g/mol. The lowest BCUT2D eigenvalue weighted by Gasteiger charge is -2.15. The fourth-order valence-corrected chi connectivity index (χ4v) is 0.823. The van der Waals surface area contributed by atoms with Gasteiger partial charge in [0.1, 0.15) is 13.2 Å². The van der Waals surface area contributed by atoms with Crippen LogP contribution in [0.4, 0.5) is 13.2 Å². The quantitative estimate of drug-likeness (QED) is 0.469. The summed E-state index contributed by atoms with van der Waals surface area (Å²) in [5.74, 6) is -0.630. The Labute approximate surface area is 98.0 Å². The first-order valence-electron chi connectivity index (χ1n) is 5.25. The van der Waals surface area contributed by atoms with Gasteiger partial charge < -0.3 is 9.47 Å². The van der Waals surface area contributed by atoms with Gasteiger partial charge in [-0.05, 0) is 6.42 Å². The minimum absolute atomic E-state index is 0.116. The van der Waals surface area contributed by atoms with E-state index in [0.29, 0.717) is 6.42 Å². The van der Waals surface area contributed by atoms with Crippen molar-refractivity contribution < 1.29 is 32.2 Å². The number of ether oxygens (including phenoxy) is 3. The summed E-state index contributed by atoms with van der Waals surface area (Å²) < 4.78 is 49.2. The molecule has 7 heteroatoms. The molecule has 17 heavy (non-hydrogen) atoms. The van der Waals surface area contributed by atoms with E-state index in [0.717, 1.165) is 0 Å². The van der Waals surface area contributed by atoms with Crippen molar-refractivity contribution in [3.05, 3.63) is 0 Å². The van der Waals surface area contributed by atoms with Gasteiger partial charge in [0.05, 0.1) is 12.5 Å². The summed E-state index contributed by atoms with van der Waals surface area (Å²) in [6, 6.07) is 0. The molecule has 1 atom stereocenters. The van der Waals surface area contributed by atoms with Crippen LogP contribution in [0.2, 0.25) is 0 Å². The third kappa shape index (κ3) is 7.98. The second kappa shape index (κ2) is 8.30. The normalized spacial score (nSPS) is 13.5. The van der Waals surface area contributed by atoms with Crippen LogP contribution in [0.5, 0.6) is 0 Å². The molecule has 0 aromatic rings. The van der Waals surface area contributed by atoms with Crippen molar-refractivity contribution >= 4 is 5.97 Å². The number of carbonyl (C=O) groups excluding carboxylic acids is 1. The summed E-state index contributed by atoms with van der Waals surface area (Å²) in [6.45, 7) is 0.573.